The van der Waals surface area contributed by atoms with Gasteiger partial charge in [-0.15, -0.1) is 0 Å². The number of methoxy groups -OCH3 is 1. The van der Waals surface area contributed by atoms with Crippen LogP contribution in [0.1, 0.15) is 35.3 Å². The van der Waals surface area contributed by atoms with Crippen molar-refractivity contribution in [3.63, 3.8) is 0 Å². The number of rotatable bonds is 6. The number of ether oxygens (including phenoxy) is 2. The zero-order valence-electron chi connectivity index (χ0n) is 15.3. The summed E-state index contributed by atoms with van der Waals surface area (Å²) in [6, 6.07) is 9.03. The minimum absolute atomic E-state index is 0.246. The Morgan fingerprint density at radius 1 is 1.24 bits per heavy atom. The van der Waals surface area contributed by atoms with Crippen LogP contribution in [0, 0.1) is 19.8 Å². The van der Waals surface area contributed by atoms with E-state index in [2.05, 4.69) is 5.32 Å². The molecule has 0 fully saturated rings. The highest BCUT2D eigenvalue weighted by molar-refractivity contribution is 6.32. The molecule has 4 nitrogen and oxygen atoms in total. The number of carbonyl (C=O) groups is 1. The molecule has 0 aromatic heterocycles. The van der Waals surface area contributed by atoms with Gasteiger partial charge in [-0.2, -0.15) is 0 Å². The van der Waals surface area contributed by atoms with Gasteiger partial charge in [-0.3, -0.25) is 4.79 Å². The predicted octanol–water partition coefficient (Wildman–Crippen LogP) is 5.25. The third-order valence-corrected chi connectivity index (χ3v) is 4.19. The second-order valence-corrected chi connectivity index (χ2v) is 6.80. The lowest BCUT2D eigenvalue weighted by molar-refractivity contribution is 0.102. The van der Waals surface area contributed by atoms with Crippen LogP contribution < -0.4 is 14.8 Å². The van der Waals surface area contributed by atoms with E-state index in [1.165, 1.54) is 7.11 Å². The van der Waals surface area contributed by atoms with Crippen molar-refractivity contribution >= 4 is 23.2 Å². The average molecular weight is 362 g/mol. The molecule has 0 aliphatic heterocycles. The maximum atomic E-state index is 12.6. The SMILES string of the molecule is COc1cc(C(=O)Nc2cccc(C)c2C)cc(Cl)c1OCC(C)C. The minimum Gasteiger partial charge on any atom is -0.493 e. The van der Waals surface area contributed by atoms with Crippen LogP contribution in [0.15, 0.2) is 30.3 Å². The summed E-state index contributed by atoms with van der Waals surface area (Å²) in [5.41, 5.74) is 3.34. The standard InChI is InChI=1S/C20H24ClNO3/c1-12(2)11-25-19-16(21)9-15(10-18(19)24-5)20(23)22-17-8-6-7-13(3)14(17)4/h6-10,12H,11H2,1-5H3,(H,22,23). The number of benzene rings is 2. The van der Waals surface area contributed by atoms with Crippen LogP contribution in [0.3, 0.4) is 0 Å². The molecule has 0 spiro atoms. The lowest BCUT2D eigenvalue weighted by Gasteiger charge is -2.16. The summed E-state index contributed by atoms with van der Waals surface area (Å²) >= 11 is 6.32. The minimum atomic E-state index is -0.246. The van der Waals surface area contributed by atoms with Crippen molar-refractivity contribution in [2.24, 2.45) is 5.92 Å². The first-order valence-electron chi connectivity index (χ1n) is 8.21. The summed E-state index contributed by atoms with van der Waals surface area (Å²) in [7, 11) is 1.53. The Balaban J connectivity index is 2.28. The van der Waals surface area contributed by atoms with E-state index in [1.54, 1.807) is 12.1 Å². The molecule has 5 heteroatoms. The van der Waals surface area contributed by atoms with Gasteiger partial charge in [0.05, 0.1) is 18.7 Å². The number of carbonyl (C=O) groups excluding carboxylic acids is 1. The molecule has 0 bridgehead atoms. The van der Waals surface area contributed by atoms with Crippen molar-refractivity contribution in [2.75, 3.05) is 19.0 Å². The average Bonchev–Trinajstić information content (AvgIpc) is 2.56. The fourth-order valence-corrected chi connectivity index (χ4v) is 2.59. The van der Waals surface area contributed by atoms with Crippen molar-refractivity contribution in [3.8, 4) is 11.5 Å². The van der Waals surface area contributed by atoms with Gasteiger partial charge in [-0.05, 0) is 49.1 Å². The van der Waals surface area contributed by atoms with E-state index in [0.29, 0.717) is 34.6 Å². The van der Waals surface area contributed by atoms with Gasteiger partial charge in [0.15, 0.2) is 11.5 Å². The van der Waals surface area contributed by atoms with Gasteiger partial charge in [-0.25, -0.2) is 0 Å². The molecule has 2 rings (SSSR count). The molecular formula is C20H24ClNO3. The lowest BCUT2D eigenvalue weighted by atomic mass is 10.1. The lowest BCUT2D eigenvalue weighted by Crippen LogP contribution is -2.14. The van der Waals surface area contributed by atoms with Crippen LogP contribution in [0.25, 0.3) is 0 Å². The molecule has 25 heavy (non-hydrogen) atoms. The van der Waals surface area contributed by atoms with Crippen LogP contribution >= 0.6 is 11.6 Å². The van der Waals surface area contributed by atoms with Gasteiger partial charge >= 0.3 is 0 Å². The molecule has 0 heterocycles. The first-order chi connectivity index (χ1) is 11.8. The quantitative estimate of drug-likeness (QED) is 0.764. The van der Waals surface area contributed by atoms with Crippen LogP contribution in [-0.4, -0.2) is 19.6 Å². The highest BCUT2D eigenvalue weighted by Crippen LogP contribution is 2.37. The Morgan fingerprint density at radius 3 is 2.60 bits per heavy atom. The number of hydrogen-bond donors (Lipinski definition) is 1. The van der Waals surface area contributed by atoms with E-state index in [9.17, 15) is 4.79 Å². The summed E-state index contributed by atoms with van der Waals surface area (Å²) in [4.78, 5) is 12.6. The van der Waals surface area contributed by atoms with Crippen LogP contribution in [-0.2, 0) is 0 Å². The number of aryl methyl sites for hydroxylation is 1. The summed E-state index contributed by atoms with van der Waals surface area (Å²) in [5, 5.41) is 3.27. The highest BCUT2D eigenvalue weighted by atomic mass is 35.5. The van der Waals surface area contributed by atoms with Gasteiger partial charge in [0.2, 0.25) is 0 Å². The molecule has 2 aromatic rings. The Labute approximate surface area is 154 Å². The van der Waals surface area contributed by atoms with Gasteiger partial charge in [0.25, 0.3) is 5.91 Å². The molecule has 1 N–H and O–H groups in total. The van der Waals surface area contributed by atoms with Crippen LogP contribution in [0.4, 0.5) is 5.69 Å². The molecular weight excluding hydrogens is 338 g/mol. The normalized spacial score (nSPS) is 10.7. The van der Waals surface area contributed by atoms with Crippen molar-refractivity contribution in [3.05, 3.63) is 52.0 Å². The van der Waals surface area contributed by atoms with E-state index in [4.69, 9.17) is 21.1 Å². The smallest absolute Gasteiger partial charge is 0.255 e. The first-order valence-corrected chi connectivity index (χ1v) is 8.59. The summed E-state index contributed by atoms with van der Waals surface area (Å²) in [6.07, 6.45) is 0. The van der Waals surface area contributed by atoms with E-state index in [1.807, 2.05) is 45.9 Å². The monoisotopic (exact) mass is 361 g/mol. The second kappa shape index (κ2) is 8.26. The number of nitrogens with one attached hydrogen (secondary N) is 1. The third-order valence-electron chi connectivity index (χ3n) is 3.91. The van der Waals surface area contributed by atoms with Crippen LogP contribution in [0.2, 0.25) is 5.02 Å². The largest absolute Gasteiger partial charge is 0.493 e. The third kappa shape index (κ3) is 4.67. The van der Waals surface area contributed by atoms with Gasteiger partial charge in [0, 0.05) is 11.3 Å². The summed E-state index contributed by atoms with van der Waals surface area (Å²) in [6.45, 7) is 8.59. The molecule has 0 atom stereocenters. The van der Waals surface area contributed by atoms with Crippen LogP contribution in [0.5, 0.6) is 11.5 Å². The fourth-order valence-electron chi connectivity index (χ4n) is 2.32. The number of hydrogen-bond acceptors (Lipinski definition) is 3. The Bertz CT molecular complexity index is 772. The van der Waals surface area contributed by atoms with Gasteiger partial charge < -0.3 is 14.8 Å². The fraction of sp³-hybridized carbons (Fsp3) is 0.350. The Morgan fingerprint density at radius 2 is 1.96 bits per heavy atom. The Hall–Kier alpha value is -2.20. The molecule has 0 saturated carbocycles. The predicted molar refractivity (Wildman–Crippen MR) is 102 cm³/mol. The van der Waals surface area contributed by atoms with Crippen molar-refractivity contribution in [1.29, 1.82) is 0 Å². The van der Waals surface area contributed by atoms with Gasteiger partial charge in [0.1, 0.15) is 0 Å². The van der Waals surface area contributed by atoms with Crippen molar-refractivity contribution in [1.82, 2.24) is 0 Å². The number of halogens is 1. The second-order valence-electron chi connectivity index (χ2n) is 6.40. The summed E-state index contributed by atoms with van der Waals surface area (Å²) in [5.74, 6) is 1.01. The summed E-state index contributed by atoms with van der Waals surface area (Å²) < 4.78 is 11.1. The van der Waals surface area contributed by atoms with E-state index in [-0.39, 0.29) is 5.91 Å². The molecule has 2 aromatic carbocycles. The van der Waals surface area contributed by atoms with E-state index < -0.39 is 0 Å². The van der Waals surface area contributed by atoms with Gasteiger partial charge in [-0.1, -0.05) is 37.6 Å². The molecule has 0 aliphatic carbocycles. The molecule has 1 amide bonds. The number of amides is 1. The zero-order valence-corrected chi connectivity index (χ0v) is 16.0. The molecule has 0 aliphatic rings. The molecule has 134 valence electrons. The van der Waals surface area contributed by atoms with E-state index in [0.717, 1.165) is 16.8 Å². The maximum absolute atomic E-state index is 12.6. The maximum Gasteiger partial charge on any atom is 0.255 e. The molecule has 0 radical (unpaired) electrons. The molecule has 0 unspecified atom stereocenters. The molecule has 0 saturated heterocycles. The van der Waals surface area contributed by atoms with Crippen molar-refractivity contribution in [2.45, 2.75) is 27.7 Å². The highest BCUT2D eigenvalue weighted by Gasteiger charge is 2.17. The number of anilines is 1. The zero-order chi connectivity index (χ0) is 18.6. The Kier molecular flexibility index (Phi) is 6.32. The first kappa shape index (κ1) is 19.1. The van der Waals surface area contributed by atoms with Crippen molar-refractivity contribution < 1.29 is 14.3 Å². The topological polar surface area (TPSA) is 47.6 Å². The van der Waals surface area contributed by atoms with E-state index >= 15 is 0 Å².